The average molecular weight is 340 g/mol. The van der Waals surface area contributed by atoms with Crippen LogP contribution in [0.2, 0.25) is 0 Å². The summed E-state index contributed by atoms with van der Waals surface area (Å²) in [6.45, 7) is 2.89. The zero-order chi connectivity index (χ0) is 17.4. The third kappa shape index (κ3) is 3.03. The number of carbonyl (C=O) groups is 1. The standard InChI is InChI=1S/C19H17FN2O3/c1-11-14(15-8-12(20)2-4-16(15)21-11)10-19(23)22-13-3-5-17-18(9-13)25-7-6-24-17/h2-5,8-9,21H,6-7,10H2,1H3,(H,22,23). The lowest BCUT2D eigenvalue weighted by atomic mass is 10.1. The van der Waals surface area contributed by atoms with E-state index in [-0.39, 0.29) is 18.1 Å². The maximum absolute atomic E-state index is 13.5. The van der Waals surface area contributed by atoms with Crippen molar-refractivity contribution in [1.29, 1.82) is 0 Å². The second-order valence-corrected chi connectivity index (χ2v) is 6.00. The molecule has 5 nitrogen and oxygen atoms in total. The molecule has 0 atom stereocenters. The molecular formula is C19H17FN2O3. The normalized spacial score (nSPS) is 13.0. The van der Waals surface area contributed by atoms with Crippen LogP contribution in [0, 0.1) is 12.7 Å². The van der Waals surface area contributed by atoms with Gasteiger partial charge in [0, 0.05) is 28.4 Å². The van der Waals surface area contributed by atoms with Gasteiger partial charge in [0.15, 0.2) is 11.5 Å². The lowest BCUT2D eigenvalue weighted by molar-refractivity contribution is -0.115. The topological polar surface area (TPSA) is 63.4 Å². The van der Waals surface area contributed by atoms with E-state index >= 15 is 0 Å². The molecule has 3 aromatic rings. The van der Waals surface area contributed by atoms with Crippen molar-refractivity contribution in [2.45, 2.75) is 13.3 Å². The fourth-order valence-corrected chi connectivity index (χ4v) is 3.07. The van der Waals surface area contributed by atoms with Crippen LogP contribution in [0.1, 0.15) is 11.3 Å². The Bertz CT molecular complexity index is 965. The van der Waals surface area contributed by atoms with E-state index in [1.54, 1.807) is 24.3 Å². The van der Waals surface area contributed by atoms with Gasteiger partial charge in [-0.25, -0.2) is 4.39 Å². The van der Waals surface area contributed by atoms with Crippen LogP contribution in [0.5, 0.6) is 11.5 Å². The molecule has 1 aliphatic heterocycles. The van der Waals surface area contributed by atoms with E-state index in [1.807, 2.05) is 6.92 Å². The van der Waals surface area contributed by atoms with Crippen LogP contribution in [0.3, 0.4) is 0 Å². The van der Waals surface area contributed by atoms with Crippen molar-refractivity contribution in [2.75, 3.05) is 18.5 Å². The summed E-state index contributed by atoms with van der Waals surface area (Å²) in [6, 6.07) is 9.82. The van der Waals surface area contributed by atoms with Gasteiger partial charge >= 0.3 is 0 Å². The Kier molecular flexibility index (Phi) is 3.80. The fourth-order valence-electron chi connectivity index (χ4n) is 3.07. The molecule has 1 amide bonds. The van der Waals surface area contributed by atoms with Gasteiger partial charge < -0.3 is 19.8 Å². The van der Waals surface area contributed by atoms with Gasteiger partial charge in [-0.15, -0.1) is 0 Å². The number of aromatic nitrogens is 1. The monoisotopic (exact) mass is 340 g/mol. The van der Waals surface area contributed by atoms with Crippen molar-refractivity contribution in [1.82, 2.24) is 4.98 Å². The summed E-state index contributed by atoms with van der Waals surface area (Å²) in [5.41, 5.74) is 3.11. The number of aryl methyl sites for hydroxylation is 1. The molecule has 6 heteroatoms. The third-order valence-corrected chi connectivity index (χ3v) is 4.24. The van der Waals surface area contributed by atoms with Gasteiger partial charge in [0.1, 0.15) is 19.0 Å². The highest BCUT2D eigenvalue weighted by Gasteiger charge is 2.15. The summed E-state index contributed by atoms with van der Waals surface area (Å²) >= 11 is 0. The first kappa shape index (κ1) is 15.5. The second kappa shape index (κ2) is 6.12. The van der Waals surface area contributed by atoms with E-state index in [2.05, 4.69) is 10.3 Å². The van der Waals surface area contributed by atoms with E-state index in [0.717, 1.165) is 22.2 Å². The number of benzene rings is 2. The summed E-state index contributed by atoms with van der Waals surface area (Å²) in [4.78, 5) is 15.6. The average Bonchev–Trinajstić information content (AvgIpc) is 2.90. The Morgan fingerprint density at radius 2 is 1.96 bits per heavy atom. The summed E-state index contributed by atoms with van der Waals surface area (Å²) < 4.78 is 24.5. The van der Waals surface area contributed by atoms with Crippen LogP contribution in [-0.4, -0.2) is 24.1 Å². The van der Waals surface area contributed by atoms with Crippen LogP contribution < -0.4 is 14.8 Å². The Labute approximate surface area is 143 Å². The van der Waals surface area contributed by atoms with Crippen LogP contribution in [0.25, 0.3) is 10.9 Å². The van der Waals surface area contributed by atoms with Crippen LogP contribution in [0.15, 0.2) is 36.4 Å². The molecule has 2 N–H and O–H groups in total. The maximum Gasteiger partial charge on any atom is 0.228 e. The Morgan fingerprint density at radius 3 is 2.80 bits per heavy atom. The number of aromatic amines is 1. The first-order valence-corrected chi connectivity index (χ1v) is 8.06. The molecule has 0 aliphatic carbocycles. The number of H-pyrrole nitrogens is 1. The van der Waals surface area contributed by atoms with Crippen LogP contribution >= 0.6 is 0 Å². The first-order chi connectivity index (χ1) is 12.1. The molecule has 1 aliphatic rings. The van der Waals surface area contributed by atoms with E-state index in [4.69, 9.17) is 9.47 Å². The lowest BCUT2D eigenvalue weighted by Gasteiger charge is -2.19. The molecule has 2 aromatic carbocycles. The molecule has 0 spiro atoms. The van der Waals surface area contributed by atoms with Gasteiger partial charge in [-0.2, -0.15) is 0 Å². The number of nitrogens with one attached hydrogen (secondary N) is 2. The number of hydrogen-bond acceptors (Lipinski definition) is 3. The molecule has 25 heavy (non-hydrogen) atoms. The van der Waals surface area contributed by atoms with Crippen LogP contribution in [0.4, 0.5) is 10.1 Å². The minimum absolute atomic E-state index is 0.156. The Balaban J connectivity index is 1.55. The second-order valence-electron chi connectivity index (χ2n) is 6.00. The smallest absolute Gasteiger partial charge is 0.228 e. The van der Waals surface area contributed by atoms with Gasteiger partial charge in [0.2, 0.25) is 5.91 Å². The van der Waals surface area contributed by atoms with Gasteiger partial charge in [-0.1, -0.05) is 0 Å². The van der Waals surface area contributed by atoms with E-state index in [9.17, 15) is 9.18 Å². The Morgan fingerprint density at radius 1 is 1.16 bits per heavy atom. The number of fused-ring (bicyclic) bond motifs is 2. The largest absolute Gasteiger partial charge is 0.486 e. The van der Waals surface area contributed by atoms with Gasteiger partial charge in [-0.3, -0.25) is 4.79 Å². The molecule has 1 aromatic heterocycles. The number of hydrogen-bond donors (Lipinski definition) is 2. The van der Waals surface area contributed by atoms with Gasteiger partial charge in [-0.05, 0) is 42.8 Å². The highest BCUT2D eigenvalue weighted by molar-refractivity contribution is 5.96. The summed E-state index contributed by atoms with van der Waals surface area (Å²) in [5, 5.41) is 3.59. The summed E-state index contributed by atoms with van der Waals surface area (Å²) in [7, 11) is 0. The number of anilines is 1. The molecule has 0 radical (unpaired) electrons. The summed E-state index contributed by atoms with van der Waals surface area (Å²) in [5.74, 6) is 0.798. The number of amides is 1. The van der Waals surface area contributed by atoms with E-state index in [0.29, 0.717) is 30.4 Å². The molecule has 4 rings (SSSR count). The number of rotatable bonds is 3. The molecule has 0 saturated heterocycles. The highest BCUT2D eigenvalue weighted by Crippen LogP contribution is 2.32. The zero-order valence-corrected chi connectivity index (χ0v) is 13.7. The lowest BCUT2D eigenvalue weighted by Crippen LogP contribution is -2.17. The molecule has 128 valence electrons. The van der Waals surface area contributed by atoms with Crippen molar-refractivity contribution >= 4 is 22.5 Å². The highest BCUT2D eigenvalue weighted by atomic mass is 19.1. The van der Waals surface area contributed by atoms with Crippen molar-refractivity contribution in [3.63, 3.8) is 0 Å². The molecule has 0 unspecified atom stereocenters. The van der Waals surface area contributed by atoms with Crippen molar-refractivity contribution < 1.29 is 18.7 Å². The quantitative estimate of drug-likeness (QED) is 0.766. The van der Waals surface area contributed by atoms with Crippen LogP contribution in [-0.2, 0) is 11.2 Å². The van der Waals surface area contributed by atoms with Gasteiger partial charge in [0.05, 0.1) is 6.42 Å². The molecule has 0 bridgehead atoms. The fraction of sp³-hybridized carbons (Fsp3) is 0.211. The Hall–Kier alpha value is -3.02. The predicted octanol–water partition coefficient (Wildman–Crippen LogP) is 3.57. The molecular weight excluding hydrogens is 323 g/mol. The van der Waals surface area contributed by atoms with Crippen molar-refractivity contribution in [2.24, 2.45) is 0 Å². The summed E-state index contributed by atoms with van der Waals surface area (Å²) in [6.07, 6.45) is 0.156. The van der Waals surface area contributed by atoms with Crippen molar-refractivity contribution in [3.05, 3.63) is 53.5 Å². The molecule has 0 saturated carbocycles. The number of halogens is 1. The minimum Gasteiger partial charge on any atom is -0.486 e. The van der Waals surface area contributed by atoms with E-state index < -0.39 is 0 Å². The zero-order valence-electron chi connectivity index (χ0n) is 13.7. The molecule has 2 heterocycles. The number of carbonyl (C=O) groups excluding carboxylic acids is 1. The molecule has 0 fully saturated rings. The van der Waals surface area contributed by atoms with Crippen molar-refractivity contribution in [3.8, 4) is 11.5 Å². The van der Waals surface area contributed by atoms with Gasteiger partial charge in [0.25, 0.3) is 0 Å². The minimum atomic E-state index is -0.319. The third-order valence-electron chi connectivity index (χ3n) is 4.24. The maximum atomic E-state index is 13.5. The first-order valence-electron chi connectivity index (χ1n) is 8.06. The SMILES string of the molecule is Cc1[nH]c2ccc(F)cc2c1CC(=O)Nc1ccc2c(c1)OCCO2. The predicted molar refractivity (Wildman–Crippen MR) is 92.8 cm³/mol. The van der Waals surface area contributed by atoms with E-state index in [1.165, 1.54) is 12.1 Å². The number of ether oxygens (including phenoxy) is 2.